The van der Waals surface area contributed by atoms with Crippen LogP contribution in [0.15, 0.2) is 24.3 Å². The van der Waals surface area contributed by atoms with Gasteiger partial charge in [-0.2, -0.15) is 0 Å². The lowest BCUT2D eigenvalue weighted by Crippen LogP contribution is -2.45. The topological polar surface area (TPSA) is 86.6 Å². The number of aliphatic hydroxyl groups excluding tert-OH is 1. The molecule has 3 N–H and O–H groups in total. The molecule has 2 atom stereocenters. The number of carbonyl (C=O) groups is 2. The Morgan fingerprint density at radius 3 is 2.53 bits per heavy atom. The van der Waals surface area contributed by atoms with Gasteiger partial charge in [-0.25, -0.2) is 4.79 Å². The third-order valence-electron chi connectivity index (χ3n) is 3.42. The summed E-state index contributed by atoms with van der Waals surface area (Å²) in [4.78, 5) is 22.9. The highest BCUT2D eigenvalue weighted by Gasteiger charge is 2.24. The van der Waals surface area contributed by atoms with Gasteiger partial charge in [0.15, 0.2) is 0 Å². The Labute approximate surface area is 111 Å². The van der Waals surface area contributed by atoms with Crippen LogP contribution in [0, 0.1) is 0 Å². The summed E-state index contributed by atoms with van der Waals surface area (Å²) in [5.74, 6) is -1.40. The molecule has 0 heterocycles. The molecule has 5 nitrogen and oxygen atoms in total. The number of carboxylic acid groups (broad SMARTS) is 1. The largest absolute Gasteiger partial charge is 0.478 e. The van der Waals surface area contributed by atoms with Crippen LogP contribution in [0.5, 0.6) is 0 Å². The molecule has 0 bridgehead atoms. The molecule has 1 aromatic carbocycles. The molecule has 0 spiro atoms. The van der Waals surface area contributed by atoms with E-state index in [0.717, 1.165) is 19.3 Å². The molecule has 1 saturated carbocycles. The van der Waals surface area contributed by atoms with Crippen molar-refractivity contribution in [2.45, 2.75) is 37.8 Å². The fraction of sp³-hybridized carbons (Fsp3) is 0.429. The molecular formula is C14H17NO4. The van der Waals surface area contributed by atoms with E-state index in [1.165, 1.54) is 18.2 Å². The van der Waals surface area contributed by atoms with Crippen molar-refractivity contribution in [2.75, 3.05) is 0 Å². The maximum Gasteiger partial charge on any atom is 0.335 e. The fourth-order valence-electron chi connectivity index (χ4n) is 2.32. The number of hydrogen-bond donors (Lipinski definition) is 3. The second kappa shape index (κ2) is 5.84. The van der Waals surface area contributed by atoms with Crippen molar-refractivity contribution in [3.63, 3.8) is 0 Å². The Morgan fingerprint density at radius 1 is 1.16 bits per heavy atom. The van der Waals surface area contributed by atoms with E-state index >= 15 is 0 Å². The highest BCUT2D eigenvalue weighted by molar-refractivity contribution is 5.97. The first-order valence-electron chi connectivity index (χ1n) is 6.40. The Bertz CT molecular complexity index is 486. The number of carbonyl (C=O) groups excluding carboxylic acids is 1. The molecule has 1 aromatic rings. The third-order valence-corrected chi connectivity index (χ3v) is 3.42. The van der Waals surface area contributed by atoms with Crippen LogP contribution in [-0.4, -0.2) is 34.2 Å². The maximum atomic E-state index is 12.0. The summed E-state index contributed by atoms with van der Waals surface area (Å²) in [5, 5.41) is 21.5. The zero-order chi connectivity index (χ0) is 13.8. The van der Waals surface area contributed by atoms with Gasteiger partial charge in [-0.1, -0.05) is 18.9 Å². The average molecular weight is 263 g/mol. The van der Waals surface area contributed by atoms with E-state index in [-0.39, 0.29) is 17.5 Å². The number of amides is 1. The molecule has 0 aromatic heterocycles. The highest BCUT2D eigenvalue weighted by Crippen LogP contribution is 2.18. The quantitative estimate of drug-likeness (QED) is 0.769. The van der Waals surface area contributed by atoms with Crippen molar-refractivity contribution in [1.29, 1.82) is 0 Å². The van der Waals surface area contributed by atoms with Crippen LogP contribution in [-0.2, 0) is 0 Å². The molecule has 1 amide bonds. The van der Waals surface area contributed by atoms with E-state index in [9.17, 15) is 14.7 Å². The minimum absolute atomic E-state index is 0.0804. The first kappa shape index (κ1) is 13.5. The van der Waals surface area contributed by atoms with Crippen LogP contribution < -0.4 is 5.32 Å². The molecule has 19 heavy (non-hydrogen) atoms. The van der Waals surface area contributed by atoms with Crippen molar-refractivity contribution in [3.05, 3.63) is 35.4 Å². The number of rotatable bonds is 3. The first-order valence-corrected chi connectivity index (χ1v) is 6.40. The van der Waals surface area contributed by atoms with Gasteiger partial charge in [-0.05, 0) is 31.0 Å². The Balaban J connectivity index is 2.07. The van der Waals surface area contributed by atoms with Crippen molar-refractivity contribution in [2.24, 2.45) is 0 Å². The smallest absolute Gasteiger partial charge is 0.335 e. The molecule has 0 aliphatic heterocycles. The lowest BCUT2D eigenvalue weighted by Gasteiger charge is -2.28. The second-order valence-corrected chi connectivity index (χ2v) is 4.82. The van der Waals surface area contributed by atoms with Gasteiger partial charge in [0.05, 0.1) is 17.7 Å². The van der Waals surface area contributed by atoms with Gasteiger partial charge in [0.25, 0.3) is 5.91 Å². The Morgan fingerprint density at radius 2 is 1.84 bits per heavy atom. The lowest BCUT2D eigenvalue weighted by molar-refractivity contribution is 0.0696. The monoisotopic (exact) mass is 263 g/mol. The average Bonchev–Trinajstić information content (AvgIpc) is 2.41. The van der Waals surface area contributed by atoms with Gasteiger partial charge in [0, 0.05) is 5.56 Å². The third kappa shape index (κ3) is 3.32. The molecule has 0 saturated heterocycles. The predicted octanol–water partition coefficient (Wildman–Crippen LogP) is 1.42. The molecule has 5 heteroatoms. The fourth-order valence-corrected chi connectivity index (χ4v) is 2.32. The molecule has 102 valence electrons. The van der Waals surface area contributed by atoms with Gasteiger partial charge in [-0.3, -0.25) is 4.79 Å². The van der Waals surface area contributed by atoms with Gasteiger partial charge in [-0.15, -0.1) is 0 Å². The minimum Gasteiger partial charge on any atom is -0.478 e. The molecule has 0 unspecified atom stereocenters. The summed E-state index contributed by atoms with van der Waals surface area (Å²) in [5.41, 5.74) is 0.384. The number of hydrogen-bond acceptors (Lipinski definition) is 3. The zero-order valence-electron chi connectivity index (χ0n) is 10.5. The summed E-state index contributed by atoms with van der Waals surface area (Å²) in [6, 6.07) is 5.64. The van der Waals surface area contributed by atoms with E-state index in [1.807, 2.05) is 0 Å². The second-order valence-electron chi connectivity index (χ2n) is 4.82. The number of aromatic carboxylic acids is 1. The molecule has 1 aliphatic carbocycles. The SMILES string of the molecule is O=C(O)c1cccc(C(=O)N[C@@H]2CCCC[C@H]2O)c1. The van der Waals surface area contributed by atoms with Gasteiger partial charge >= 0.3 is 5.97 Å². The number of aliphatic hydroxyl groups is 1. The normalized spacial score (nSPS) is 22.8. The lowest BCUT2D eigenvalue weighted by atomic mass is 9.92. The van der Waals surface area contributed by atoms with Crippen LogP contribution in [0.4, 0.5) is 0 Å². The van der Waals surface area contributed by atoms with E-state index < -0.39 is 12.1 Å². The number of nitrogens with one attached hydrogen (secondary N) is 1. The van der Waals surface area contributed by atoms with Crippen molar-refractivity contribution in [1.82, 2.24) is 5.32 Å². The summed E-state index contributed by atoms with van der Waals surface area (Å²) < 4.78 is 0. The molecule has 0 radical (unpaired) electrons. The van der Waals surface area contributed by atoms with Crippen LogP contribution in [0.3, 0.4) is 0 Å². The Hall–Kier alpha value is -1.88. The molecule has 2 rings (SSSR count). The summed E-state index contributed by atoms with van der Waals surface area (Å²) in [6.45, 7) is 0. The van der Waals surface area contributed by atoms with Crippen LogP contribution in [0.25, 0.3) is 0 Å². The number of benzene rings is 1. The van der Waals surface area contributed by atoms with Gasteiger partial charge in [0.1, 0.15) is 0 Å². The van der Waals surface area contributed by atoms with Crippen molar-refractivity contribution < 1.29 is 19.8 Å². The van der Waals surface area contributed by atoms with E-state index in [1.54, 1.807) is 6.07 Å². The summed E-state index contributed by atoms with van der Waals surface area (Å²) in [6.07, 6.45) is 2.89. The van der Waals surface area contributed by atoms with Crippen LogP contribution >= 0.6 is 0 Å². The van der Waals surface area contributed by atoms with E-state index in [2.05, 4.69) is 5.32 Å². The molecular weight excluding hydrogens is 246 g/mol. The summed E-state index contributed by atoms with van der Waals surface area (Å²) >= 11 is 0. The van der Waals surface area contributed by atoms with Crippen molar-refractivity contribution >= 4 is 11.9 Å². The molecule has 1 fully saturated rings. The zero-order valence-corrected chi connectivity index (χ0v) is 10.5. The minimum atomic E-state index is -1.06. The Kier molecular flexibility index (Phi) is 4.16. The van der Waals surface area contributed by atoms with Crippen LogP contribution in [0.2, 0.25) is 0 Å². The first-order chi connectivity index (χ1) is 9.08. The van der Waals surface area contributed by atoms with Crippen LogP contribution in [0.1, 0.15) is 46.4 Å². The van der Waals surface area contributed by atoms with E-state index in [4.69, 9.17) is 5.11 Å². The highest BCUT2D eigenvalue weighted by atomic mass is 16.4. The number of carboxylic acids is 1. The maximum absolute atomic E-state index is 12.0. The predicted molar refractivity (Wildman–Crippen MR) is 69.1 cm³/mol. The standard InChI is InChI=1S/C14H17NO4/c16-12-7-2-1-6-11(12)15-13(17)9-4-3-5-10(8-9)14(18)19/h3-5,8,11-12,16H,1-2,6-7H2,(H,15,17)(H,18,19)/t11-,12-/m1/s1. The van der Waals surface area contributed by atoms with Gasteiger partial charge < -0.3 is 15.5 Å². The summed E-state index contributed by atoms with van der Waals surface area (Å²) in [7, 11) is 0. The van der Waals surface area contributed by atoms with E-state index in [0.29, 0.717) is 12.0 Å². The van der Waals surface area contributed by atoms with Gasteiger partial charge in [0.2, 0.25) is 0 Å². The molecule has 1 aliphatic rings. The van der Waals surface area contributed by atoms with Crippen molar-refractivity contribution in [3.8, 4) is 0 Å².